The number of benzene rings is 1. The lowest BCUT2D eigenvalue weighted by Crippen LogP contribution is -2.33. The van der Waals surface area contributed by atoms with Gasteiger partial charge in [-0.15, -0.1) is 0 Å². The average molecular weight is 264 g/mol. The van der Waals surface area contributed by atoms with Crippen molar-refractivity contribution in [1.82, 2.24) is 4.90 Å². The summed E-state index contributed by atoms with van der Waals surface area (Å²) in [6.45, 7) is 4.86. The van der Waals surface area contributed by atoms with Crippen LogP contribution in [0.4, 0.5) is 0 Å². The fraction of sp³-hybridized carbons (Fsp3) is 0.429. The minimum absolute atomic E-state index is 0.00172. The Morgan fingerprint density at radius 3 is 2.53 bits per heavy atom. The molecule has 2 N–H and O–H groups in total. The zero-order chi connectivity index (χ0) is 14.4. The van der Waals surface area contributed by atoms with E-state index in [1.54, 1.807) is 25.3 Å². The van der Waals surface area contributed by atoms with Crippen LogP contribution in [0.5, 0.6) is 5.75 Å². The number of nitrogens with two attached hydrogens (primary N) is 1. The molecule has 1 aromatic carbocycles. The fourth-order valence-electron chi connectivity index (χ4n) is 1.86. The fourth-order valence-corrected chi connectivity index (χ4v) is 1.86. The van der Waals surface area contributed by atoms with Gasteiger partial charge in [-0.1, -0.05) is 6.92 Å². The second-order valence-corrected chi connectivity index (χ2v) is 4.35. The molecule has 0 bridgehead atoms. The monoisotopic (exact) mass is 264 g/mol. The number of hydrogen-bond donors (Lipinski definition) is 1. The maximum Gasteiger partial charge on any atom is 0.231 e. The first-order chi connectivity index (χ1) is 8.97. The maximum atomic E-state index is 11.4. The Bertz CT molecular complexity index is 472. The van der Waals surface area contributed by atoms with E-state index in [9.17, 15) is 9.59 Å². The Morgan fingerprint density at radius 2 is 2.05 bits per heavy atom. The zero-order valence-electron chi connectivity index (χ0n) is 11.6. The summed E-state index contributed by atoms with van der Waals surface area (Å²) in [5.74, 6) is 0.332. The first kappa shape index (κ1) is 15.2. The summed E-state index contributed by atoms with van der Waals surface area (Å²) in [6.07, 6.45) is 0. The minimum atomic E-state index is -0.372. The molecule has 0 heterocycles. The molecule has 104 valence electrons. The lowest BCUT2D eigenvalue weighted by molar-refractivity contribution is -0.119. The minimum Gasteiger partial charge on any atom is -0.496 e. The van der Waals surface area contributed by atoms with Crippen LogP contribution in [-0.2, 0) is 11.3 Å². The zero-order valence-corrected chi connectivity index (χ0v) is 11.6. The van der Waals surface area contributed by atoms with Crippen molar-refractivity contribution < 1.29 is 14.3 Å². The molecule has 1 aromatic rings. The number of primary amides is 1. The van der Waals surface area contributed by atoms with Crippen LogP contribution in [0.1, 0.15) is 29.8 Å². The molecule has 0 spiro atoms. The smallest absolute Gasteiger partial charge is 0.231 e. The van der Waals surface area contributed by atoms with Crippen LogP contribution in [-0.4, -0.2) is 36.8 Å². The molecule has 5 nitrogen and oxygen atoms in total. The molecule has 0 unspecified atom stereocenters. The highest BCUT2D eigenvalue weighted by molar-refractivity contribution is 5.94. The Labute approximate surface area is 113 Å². The Kier molecular flexibility index (Phi) is 5.51. The highest BCUT2D eigenvalue weighted by Crippen LogP contribution is 2.21. The molecule has 19 heavy (non-hydrogen) atoms. The first-order valence-electron chi connectivity index (χ1n) is 6.16. The third kappa shape index (κ3) is 4.37. The second kappa shape index (κ2) is 6.89. The third-order valence-corrected chi connectivity index (χ3v) is 2.91. The molecule has 0 aliphatic rings. The topological polar surface area (TPSA) is 72.6 Å². The van der Waals surface area contributed by atoms with Gasteiger partial charge in [0.25, 0.3) is 0 Å². The summed E-state index contributed by atoms with van der Waals surface area (Å²) < 4.78 is 5.28. The van der Waals surface area contributed by atoms with Gasteiger partial charge < -0.3 is 10.5 Å². The largest absolute Gasteiger partial charge is 0.496 e. The van der Waals surface area contributed by atoms with Crippen molar-refractivity contribution in [2.75, 3.05) is 20.2 Å². The summed E-state index contributed by atoms with van der Waals surface area (Å²) in [5.41, 5.74) is 6.71. The second-order valence-electron chi connectivity index (χ2n) is 4.35. The van der Waals surface area contributed by atoms with E-state index in [2.05, 4.69) is 0 Å². The number of rotatable bonds is 7. The number of carbonyl (C=O) groups excluding carboxylic acids is 2. The molecule has 0 saturated carbocycles. The van der Waals surface area contributed by atoms with Crippen LogP contribution in [0.3, 0.4) is 0 Å². The van der Waals surface area contributed by atoms with Gasteiger partial charge in [-0.2, -0.15) is 0 Å². The van der Waals surface area contributed by atoms with E-state index in [1.165, 1.54) is 6.92 Å². The van der Waals surface area contributed by atoms with Gasteiger partial charge in [-0.3, -0.25) is 14.5 Å². The van der Waals surface area contributed by atoms with Crippen molar-refractivity contribution in [3.8, 4) is 5.75 Å². The Hall–Kier alpha value is -1.88. The predicted molar refractivity (Wildman–Crippen MR) is 73.1 cm³/mol. The van der Waals surface area contributed by atoms with Crippen molar-refractivity contribution in [3.63, 3.8) is 0 Å². The van der Waals surface area contributed by atoms with Gasteiger partial charge in [0.05, 0.1) is 13.7 Å². The SMILES string of the molecule is CCN(CC(N)=O)Cc1cc(C(C)=O)ccc1OC. The maximum absolute atomic E-state index is 11.4. The van der Waals surface area contributed by atoms with Gasteiger partial charge >= 0.3 is 0 Å². The number of ether oxygens (including phenoxy) is 1. The van der Waals surface area contributed by atoms with Crippen molar-refractivity contribution in [2.24, 2.45) is 5.73 Å². The van der Waals surface area contributed by atoms with Crippen LogP contribution >= 0.6 is 0 Å². The van der Waals surface area contributed by atoms with E-state index in [0.717, 1.165) is 5.56 Å². The van der Waals surface area contributed by atoms with Crippen LogP contribution in [0, 0.1) is 0 Å². The number of amides is 1. The molecule has 5 heteroatoms. The van der Waals surface area contributed by atoms with Gasteiger partial charge in [0, 0.05) is 17.7 Å². The van der Waals surface area contributed by atoms with Gasteiger partial charge in [0.1, 0.15) is 5.75 Å². The molecule has 0 aliphatic heterocycles. The predicted octanol–water partition coefficient (Wildman–Crippen LogP) is 1.20. The molecule has 0 aliphatic carbocycles. The van der Waals surface area contributed by atoms with Gasteiger partial charge in [0.15, 0.2) is 5.78 Å². The van der Waals surface area contributed by atoms with Crippen molar-refractivity contribution in [2.45, 2.75) is 20.4 Å². The van der Waals surface area contributed by atoms with E-state index < -0.39 is 0 Å². The lowest BCUT2D eigenvalue weighted by Gasteiger charge is -2.20. The van der Waals surface area contributed by atoms with E-state index in [0.29, 0.717) is 24.4 Å². The van der Waals surface area contributed by atoms with Gasteiger partial charge in [0.2, 0.25) is 5.91 Å². The molecule has 0 saturated heterocycles. The molecule has 1 rings (SSSR count). The summed E-state index contributed by atoms with van der Waals surface area (Å²) in [4.78, 5) is 24.3. The number of hydrogen-bond acceptors (Lipinski definition) is 4. The van der Waals surface area contributed by atoms with E-state index >= 15 is 0 Å². The summed E-state index contributed by atoms with van der Waals surface area (Å²) >= 11 is 0. The van der Waals surface area contributed by atoms with Gasteiger partial charge in [-0.05, 0) is 31.7 Å². The molecule has 0 radical (unpaired) electrons. The van der Waals surface area contributed by atoms with Crippen LogP contribution in [0.15, 0.2) is 18.2 Å². The third-order valence-electron chi connectivity index (χ3n) is 2.91. The quantitative estimate of drug-likeness (QED) is 0.751. The average Bonchev–Trinajstić information content (AvgIpc) is 2.37. The number of nitrogens with zero attached hydrogens (tertiary/aromatic N) is 1. The van der Waals surface area contributed by atoms with Crippen LogP contribution in [0.2, 0.25) is 0 Å². The molecule has 0 fully saturated rings. The molecular weight excluding hydrogens is 244 g/mol. The Balaban J connectivity index is 2.98. The number of carbonyl (C=O) groups is 2. The van der Waals surface area contributed by atoms with Crippen molar-refractivity contribution >= 4 is 11.7 Å². The Morgan fingerprint density at radius 1 is 1.37 bits per heavy atom. The van der Waals surface area contributed by atoms with Crippen LogP contribution < -0.4 is 10.5 Å². The number of methoxy groups -OCH3 is 1. The standard InChI is InChI=1S/C14H20N2O3/c1-4-16(9-14(15)18)8-12-7-11(10(2)17)5-6-13(12)19-3/h5-7H,4,8-9H2,1-3H3,(H2,15,18). The summed E-state index contributed by atoms with van der Waals surface area (Å²) in [7, 11) is 1.58. The lowest BCUT2D eigenvalue weighted by atomic mass is 10.1. The summed E-state index contributed by atoms with van der Waals surface area (Å²) in [5, 5.41) is 0. The van der Waals surface area contributed by atoms with Crippen molar-refractivity contribution in [1.29, 1.82) is 0 Å². The highest BCUT2D eigenvalue weighted by atomic mass is 16.5. The van der Waals surface area contributed by atoms with E-state index in [4.69, 9.17) is 10.5 Å². The van der Waals surface area contributed by atoms with E-state index in [-0.39, 0.29) is 18.2 Å². The van der Waals surface area contributed by atoms with E-state index in [1.807, 2.05) is 11.8 Å². The molecular formula is C14H20N2O3. The number of Topliss-reactive ketones (excluding diaryl/α,β-unsaturated/α-hetero) is 1. The summed E-state index contributed by atoms with van der Waals surface area (Å²) in [6, 6.07) is 5.30. The molecule has 0 aromatic heterocycles. The molecule has 1 amide bonds. The first-order valence-corrected chi connectivity index (χ1v) is 6.16. The number of ketones is 1. The van der Waals surface area contributed by atoms with Crippen LogP contribution in [0.25, 0.3) is 0 Å². The van der Waals surface area contributed by atoms with Gasteiger partial charge in [-0.25, -0.2) is 0 Å². The molecule has 0 atom stereocenters. The van der Waals surface area contributed by atoms with Crippen molar-refractivity contribution in [3.05, 3.63) is 29.3 Å². The normalized spacial score (nSPS) is 10.5. The highest BCUT2D eigenvalue weighted by Gasteiger charge is 2.12. The number of likely N-dealkylation sites (N-methyl/N-ethyl adjacent to an activating group) is 1.